The van der Waals surface area contributed by atoms with Crippen molar-refractivity contribution in [3.8, 4) is 0 Å². The van der Waals surface area contributed by atoms with E-state index in [-0.39, 0.29) is 22.5 Å². The Morgan fingerprint density at radius 1 is 1.67 bits per heavy atom. The first-order valence-corrected chi connectivity index (χ1v) is 2.17. The van der Waals surface area contributed by atoms with Crippen LogP contribution in [-0.2, 0) is 21.6 Å². The Labute approximate surface area is 63.6 Å². The predicted molar refractivity (Wildman–Crippen MR) is 28.5 cm³/mol. The fraction of sp³-hybridized carbons (Fsp3) is 0.400. The maximum Gasteiger partial charge on any atom is 0.184 e. The third-order valence-corrected chi connectivity index (χ3v) is 0.526. The molecule has 2 N–H and O–H groups in total. The summed E-state index contributed by atoms with van der Waals surface area (Å²) in [6.45, 7) is 0.825. The zero-order valence-electron chi connectivity index (χ0n) is 4.92. The van der Waals surface area contributed by atoms with Crippen molar-refractivity contribution in [2.45, 2.75) is 6.92 Å². The Morgan fingerprint density at radius 3 is 2.22 bits per heavy atom. The molecular formula is C5H8CoO3. The van der Waals surface area contributed by atoms with Gasteiger partial charge in [0.2, 0.25) is 0 Å². The van der Waals surface area contributed by atoms with Crippen molar-refractivity contribution in [1.82, 2.24) is 0 Å². The van der Waals surface area contributed by atoms with Crippen LogP contribution in [0.1, 0.15) is 6.92 Å². The number of carbonyl (C=O) groups is 1. The molecule has 0 aromatic carbocycles. The fourth-order valence-electron chi connectivity index (χ4n) is 0.279. The van der Waals surface area contributed by atoms with Gasteiger partial charge in [-0.25, -0.2) is 0 Å². The minimum absolute atomic E-state index is 0. The standard InChI is InChI=1S/C5H8O3.Co/c1-4(7)2-5(8)3-6;/h2,6-7H,3H2,1H3;/b4-2-;. The van der Waals surface area contributed by atoms with Crippen LogP contribution in [0.2, 0.25) is 0 Å². The number of hydrogen-bond acceptors (Lipinski definition) is 3. The number of carbonyl (C=O) groups excluding carboxylic acids is 1. The summed E-state index contributed by atoms with van der Waals surface area (Å²) in [7, 11) is 0. The van der Waals surface area contributed by atoms with E-state index in [0.29, 0.717) is 0 Å². The van der Waals surface area contributed by atoms with Gasteiger partial charge in [-0.2, -0.15) is 0 Å². The van der Waals surface area contributed by atoms with Gasteiger partial charge in [-0.05, 0) is 6.92 Å². The van der Waals surface area contributed by atoms with E-state index >= 15 is 0 Å². The molecule has 0 aliphatic rings. The SMILES string of the molecule is C/C(O)=C/C(=O)CO.[Co]. The van der Waals surface area contributed by atoms with Crippen LogP contribution in [0, 0.1) is 0 Å². The van der Waals surface area contributed by atoms with Crippen LogP contribution >= 0.6 is 0 Å². The summed E-state index contributed by atoms with van der Waals surface area (Å²) >= 11 is 0. The van der Waals surface area contributed by atoms with Gasteiger partial charge in [0.05, 0.1) is 5.76 Å². The quantitative estimate of drug-likeness (QED) is 0.459. The smallest absolute Gasteiger partial charge is 0.184 e. The van der Waals surface area contributed by atoms with Crippen LogP contribution in [-0.4, -0.2) is 22.6 Å². The molecule has 3 nitrogen and oxygen atoms in total. The molecule has 0 rings (SSSR count). The number of aliphatic hydroxyl groups is 2. The minimum atomic E-state index is -0.544. The Morgan fingerprint density at radius 2 is 2.11 bits per heavy atom. The molecule has 0 spiro atoms. The topological polar surface area (TPSA) is 57.5 Å². The zero-order valence-corrected chi connectivity index (χ0v) is 5.96. The largest absolute Gasteiger partial charge is 0.512 e. The third kappa shape index (κ3) is 7.68. The fourth-order valence-corrected chi connectivity index (χ4v) is 0.279. The van der Waals surface area contributed by atoms with E-state index in [4.69, 9.17) is 10.2 Å². The van der Waals surface area contributed by atoms with Gasteiger partial charge in [-0.3, -0.25) is 4.79 Å². The molecule has 0 saturated carbocycles. The second-order valence-corrected chi connectivity index (χ2v) is 1.41. The van der Waals surface area contributed by atoms with Crippen molar-refractivity contribution in [3.63, 3.8) is 0 Å². The number of hydrogen-bond donors (Lipinski definition) is 2. The van der Waals surface area contributed by atoms with E-state index in [2.05, 4.69) is 0 Å². The number of allylic oxidation sites excluding steroid dienone is 1. The van der Waals surface area contributed by atoms with Crippen molar-refractivity contribution in [1.29, 1.82) is 0 Å². The van der Waals surface area contributed by atoms with Gasteiger partial charge in [-0.1, -0.05) is 0 Å². The molecule has 55 valence electrons. The van der Waals surface area contributed by atoms with Gasteiger partial charge in [-0.15, -0.1) is 0 Å². The van der Waals surface area contributed by atoms with Crippen LogP contribution < -0.4 is 0 Å². The number of aliphatic hydroxyl groups excluding tert-OH is 2. The van der Waals surface area contributed by atoms with Crippen molar-refractivity contribution in [3.05, 3.63) is 11.8 Å². The van der Waals surface area contributed by atoms with Crippen LogP contribution in [0.15, 0.2) is 11.8 Å². The molecule has 0 heterocycles. The minimum Gasteiger partial charge on any atom is -0.512 e. The van der Waals surface area contributed by atoms with Crippen LogP contribution in [0.25, 0.3) is 0 Å². The first kappa shape index (κ1) is 11.5. The summed E-state index contributed by atoms with van der Waals surface area (Å²) in [6, 6.07) is 0. The molecule has 0 amide bonds. The molecule has 0 aromatic rings. The van der Waals surface area contributed by atoms with Crippen molar-refractivity contribution in [2.75, 3.05) is 6.61 Å². The predicted octanol–water partition coefficient (Wildman–Crippen LogP) is 0.00710. The van der Waals surface area contributed by atoms with E-state index in [1.165, 1.54) is 6.92 Å². The third-order valence-electron chi connectivity index (χ3n) is 0.526. The molecular weight excluding hydrogens is 167 g/mol. The number of rotatable bonds is 2. The summed E-state index contributed by atoms with van der Waals surface area (Å²) < 4.78 is 0. The maximum absolute atomic E-state index is 10.1. The van der Waals surface area contributed by atoms with Crippen molar-refractivity contribution < 1.29 is 31.8 Å². The van der Waals surface area contributed by atoms with Gasteiger partial charge >= 0.3 is 0 Å². The zero-order chi connectivity index (χ0) is 6.57. The molecule has 0 bridgehead atoms. The molecule has 0 aliphatic carbocycles. The van der Waals surface area contributed by atoms with Crippen LogP contribution in [0.5, 0.6) is 0 Å². The number of ketones is 1. The Bertz CT molecular complexity index is 115. The van der Waals surface area contributed by atoms with Crippen molar-refractivity contribution in [2.24, 2.45) is 0 Å². The van der Waals surface area contributed by atoms with E-state index in [9.17, 15) is 4.79 Å². The average Bonchev–Trinajstić information content (AvgIpc) is 1.65. The maximum atomic E-state index is 10.1. The molecule has 0 saturated heterocycles. The summed E-state index contributed by atoms with van der Waals surface area (Å²) in [5.41, 5.74) is 0. The Kier molecular flexibility index (Phi) is 7.40. The summed E-state index contributed by atoms with van der Waals surface area (Å²) in [5.74, 6) is -0.561. The Balaban J connectivity index is 0. The molecule has 0 atom stereocenters. The second-order valence-electron chi connectivity index (χ2n) is 1.41. The summed E-state index contributed by atoms with van der Waals surface area (Å²) in [5, 5.41) is 16.5. The molecule has 0 fully saturated rings. The molecule has 1 radical (unpaired) electrons. The summed E-state index contributed by atoms with van der Waals surface area (Å²) in [6.07, 6.45) is 0.972. The summed E-state index contributed by atoms with van der Waals surface area (Å²) in [4.78, 5) is 10.1. The second kappa shape index (κ2) is 5.81. The molecule has 9 heavy (non-hydrogen) atoms. The van der Waals surface area contributed by atoms with Crippen LogP contribution in [0.3, 0.4) is 0 Å². The first-order valence-electron chi connectivity index (χ1n) is 2.17. The molecule has 0 aromatic heterocycles. The van der Waals surface area contributed by atoms with E-state index in [0.717, 1.165) is 6.08 Å². The molecule has 0 aliphatic heterocycles. The Hall–Kier alpha value is -0.324. The van der Waals surface area contributed by atoms with Crippen molar-refractivity contribution >= 4 is 5.78 Å². The van der Waals surface area contributed by atoms with E-state index in [1.54, 1.807) is 0 Å². The first-order chi connectivity index (χ1) is 3.66. The van der Waals surface area contributed by atoms with E-state index in [1.807, 2.05) is 0 Å². The molecule has 0 unspecified atom stereocenters. The van der Waals surface area contributed by atoms with Crippen LogP contribution in [0.4, 0.5) is 0 Å². The normalized spacial score (nSPS) is 10.2. The van der Waals surface area contributed by atoms with Gasteiger partial charge < -0.3 is 10.2 Å². The van der Waals surface area contributed by atoms with Gasteiger partial charge in [0, 0.05) is 22.9 Å². The van der Waals surface area contributed by atoms with Gasteiger partial charge in [0.15, 0.2) is 5.78 Å². The van der Waals surface area contributed by atoms with E-state index < -0.39 is 12.4 Å². The average molecular weight is 175 g/mol. The monoisotopic (exact) mass is 175 g/mol. The van der Waals surface area contributed by atoms with Gasteiger partial charge in [0.25, 0.3) is 0 Å². The molecule has 4 heteroatoms. The van der Waals surface area contributed by atoms with Gasteiger partial charge in [0.1, 0.15) is 6.61 Å².